The summed E-state index contributed by atoms with van der Waals surface area (Å²) in [6.45, 7) is 7.34. The predicted octanol–water partition coefficient (Wildman–Crippen LogP) is 2.68. The van der Waals surface area contributed by atoms with Crippen LogP contribution in [-0.4, -0.2) is 38.7 Å². The van der Waals surface area contributed by atoms with Gasteiger partial charge >= 0.3 is 0 Å². The molecule has 1 aromatic rings. The van der Waals surface area contributed by atoms with Crippen LogP contribution in [0.4, 0.5) is 0 Å². The zero-order valence-electron chi connectivity index (χ0n) is 12.2. The molecule has 1 aromatic carbocycles. The maximum atomic E-state index is 5.86. The number of rotatable bonds is 10. The van der Waals surface area contributed by atoms with Gasteiger partial charge in [-0.15, -0.1) is 6.58 Å². The van der Waals surface area contributed by atoms with Gasteiger partial charge in [0.25, 0.3) is 0 Å². The first kappa shape index (κ1) is 15.7. The van der Waals surface area contributed by atoms with E-state index in [2.05, 4.69) is 29.9 Å². The zero-order chi connectivity index (χ0) is 13.9. The summed E-state index contributed by atoms with van der Waals surface area (Å²) in [5.74, 6) is 0.983. The van der Waals surface area contributed by atoms with Crippen LogP contribution < -0.4 is 10.1 Å². The van der Waals surface area contributed by atoms with Crippen LogP contribution >= 0.6 is 0 Å². The van der Waals surface area contributed by atoms with E-state index in [0.29, 0.717) is 0 Å². The number of likely N-dealkylation sites (N-methyl/N-ethyl adjacent to an activating group) is 1. The molecule has 0 aliphatic carbocycles. The van der Waals surface area contributed by atoms with E-state index in [1.54, 1.807) is 0 Å². The van der Waals surface area contributed by atoms with Gasteiger partial charge in [0.2, 0.25) is 0 Å². The summed E-state index contributed by atoms with van der Waals surface area (Å²) in [5.41, 5.74) is 1.21. The minimum absolute atomic E-state index is 0.727. The summed E-state index contributed by atoms with van der Waals surface area (Å²) >= 11 is 0. The molecular formula is C16H26N2O. The molecule has 19 heavy (non-hydrogen) atoms. The van der Waals surface area contributed by atoms with E-state index in [-0.39, 0.29) is 0 Å². The van der Waals surface area contributed by atoms with Crippen molar-refractivity contribution in [2.45, 2.75) is 19.4 Å². The number of para-hydroxylation sites is 1. The van der Waals surface area contributed by atoms with Crippen molar-refractivity contribution in [1.29, 1.82) is 0 Å². The van der Waals surface area contributed by atoms with Crippen LogP contribution in [0.3, 0.4) is 0 Å². The van der Waals surface area contributed by atoms with Gasteiger partial charge < -0.3 is 15.0 Å². The van der Waals surface area contributed by atoms with Crippen molar-refractivity contribution >= 4 is 0 Å². The average Bonchev–Trinajstić information content (AvgIpc) is 2.41. The van der Waals surface area contributed by atoms with Gasteiger partial charge in [-0.25, -0.2) is 0 Å². The first-order valence-electron chi connectivity index (χ1n) is 6.92. The maximum absolute atomic E-state index is 5.86. The molecule has 3 heteroatoms. The fraction of sp³-hybridized carbons (Fsp3) is 0.500. The molecule has 0 amide bonds. The fourth-order valence-corrected chi connectivity index (χ4v) is 1.91. The third kappa shape index (κ3) is 6.41. The summed E-state index contributed by atoms with van der Waals surface area (Å²) in [4.78, 5) is 2.30. The highest BCUT2D eigenvalue weighted by Crippen LogP contribution is 2.17. The first-order valence-corrected chi connectivity index (χ1v) is 6.92. The Morgan fingerprint density at radius 1 is 1.32 bits per heavy atom. The molecule has 0 heterocycles. The van der Waals surface area contributed by atoms with Crippen LogP contribution in [0.15, 0.2) is 36.9 Å². The zero-order valence-corrected chi connectivity index (χ0v) is 12.2. The normalized spacial score (nSPS) is 10.7. The number of hydrogen-bond donors (Lipinski definition) is 1. The van der Waals surface area contributed by atoms with Crippen LogP contribution in [-0.2, 0) is 6.54 Å². The smallest absolute Gasteiger partial charge is 0.123 e. The third-order valence-corrected chi connectivity index (χ3v) is 3.02. The number of hydrogen-bond acceptors (Lipinski definition) is 3. The van der Waals surface area contributed by atoms with Crippen molar-refractivity contribution in [1.82, 2.24) is 10.2 Å². The summed E-state index contributed by atoms with van der Waals surface area (Å²) in [6.07, 6.45) is 4.21. The molecule has 0 spiro atoms. The van der Waals surface area contributed by atoms with E-state index >= 15 is 0 Å². The Hall–Kier alpha value is -1.32. The van der Waals surface area contributed by atoms with Gasteiger partial charge in [-0.2, -0.15) is 0 Å². The molecule has 0 atom stereocenters. The quantitative estimate of drug-likeness (QED) is 0.518. The first-order chi connectivity index (χ1) is 9.27. The Morgan fingerprint density at radius 3 is 2.84 bits per heavy atom. The number of nitrogens with one attached hydrogen (secondary N) is 1. The maximum Gasteiger partial charge on any atom is 0.123 e. The second-order valence-corrected chi connectivity index (χ2v) is 4.72. The fourth-order valence-electron chi connectivity index (χ4n) is 1.91. The highest BCUT2D eigenvalue weighted by atomic mass is 16.5. The number of unbranched alkanes of at least 4 members (excludes halogenated alkanes) is 1. The highest BCUT2D eigenvalue weighted by molar-refractivity contribution is 5.33. The van der Waals surface area contributed by atoms with Gasteiger partial charge in [-0.3, -0.25) is 0 Å². The monoisotopic (exact) mass is 262 g/mol. The van der Waals surface area contributed by atoms with E-state index in [9.17, 15) is 0 Å². The van der Waals surface area contributed by atoms with Crippen LogP contribution in [0.25, 0.3) is 0 Å². The third-order valence-electron chi connectivity index (χ3n) is 3.02. The Morgan fingerprint density at radius 2 is 2.11 bits per heavy atom. The Balaban J connectivity index is 2.30. The molecule has 106 valence electrons. The predicted molar refractivity (Wildman–Crippen MR) is 81.6 cm³/mol. The van der Waals surface area contributed by atoms with Crippen molar-refractivity contribution in [2.75, 3.05) is 33.8 Å². The van der Waals surface area contributed by atoms with E-state index < -0.39 is 0 Å². The van der Waals surface area contributed by atoms with E-state index in [1.165, 1.54) is 5.56 Å². The van der Waals surface area contributed by atoms with Crippen LogP contribution in [0, 0.1) is 0 Å². The van der Waals surface area contributed by atoms with Crippen molar-refractivity contribution in [3.63, 3.8) is 0 Å². The molecule has 0 bridgehead atoms. The number of benzene rings is 1. The van der Waals surface area contributed by atoms with Crippen molar-refractivity contribution in [2.24, 2.45) is 0 Å². The molecule has 0 saturated heterocycles. The molecule has 0 aromatic heterocycles. The van der Waals surface area contributed by atoms with Gasteiger partial charge in [0.1, 0.15) is 12.4 Å². The van der Waals surface area contributed by atoms with Crippen molar-refractivity contribution < 1.29 is 4.74 Å². The minimum Gasteiger partial charge on any atom is -0.492 e. The number of allylic oxidation sites excluding steroid dienone is 1. The molecule has 0 fully saturated rings. The lowest BCUT2D eigenvalue weighted by atomic mass is 10.2. The summed E-state index contributed by atoms with van der Waals surface area (Å²) in [7, 11) is 4.08. The number of ether oxygens (including phenoxy) is 1. The van der Waals surface area contributed by atoms with Gasteiger partial charge in [0.05, 0.1) is 0 Å². The molecule has 0 aliphatic rings. The molecule has 0 unspecified atom stereocenters. The number of nitrogens with zero attached hydrogens (tertiary/aromatic N) is 1. The molecule has 1 rings (SSSR count). The van der Waals surface area contributed by atoms with E-state index in [0.717, 1.165) is 44.8 Å². The molecule has 0 aliphatic heterocycles. The van der Waals surface area contributed by atoms with Gasteiger partial charge in [0, 0.05) is 18.7 Å². The van der Waals surface area contributed by atoms with Crippen molar-refractivity contribution in [3.05, 3.63) is 42.5 Å². The SMILES string of the molecule is C=CCCCN(C)CCOc1ccccc1CNC. The molecule has 3 nitrogen and oxygen atoms in total. The second kappa shape index (κ2) is 9.59. The minimum atomic E-state index is 0.727. The Labute approximate surface area is 117 Å². The average molecular weight is 262 g/mol. The molecule has 0 saturated carbocycles. The standard InChI is InChI=1S/C16H26N2O/c1-4-5-8-11-18(3)12-13-19-16-10-7-6-9-15(16)14-17-2/h4,6-7,9-10,17H,1,5,8,11-14H2,2-3H3. The summed E-state index contributed by atoms with van der Waals surface area (Å²) in [6, 6.07) is 8.19. The topological polar surface area (TPSA) is 24.5 Å². The van der Waals surface area contributed by atoms with Crippen molar-refractivity contribution in [3.8, 4) is 5.75 Å². The second-order valence-electron chi connectivity index (χ2n) is 4.72. The van der Waals surface area contributed by atoms with Crippen LogP contribution in [0.5, 0.6) is 5.75 Å². The Bertz CT molecular complexity index is 366. The Kier molecular flexibility index (Phi) is 7.94. The molecule has 1 N–H and O–H groups in total. The van der Waals surface area contributed by atoms with Gasteiger partial charge in [-0.05, 0) is 39.5 Å². The molecular weight excluding hydrogens is 236 g/mol. The summed E-state index contributed by atoms with van der Waals surface area (Å²) in [5, 5.41) is 3.16. The lowest BCUT2D eigenvalue weighted by Crippen LogP contribution is -2.25. The van der Waals surface area contributed by atoms with Gasteiger partial charge in [0.15, 0.2) is 0 Å². The lowest BCUT2D eigenvalue weighted by molar-refractivity contribution is 0.234. The van der Waals surface area contributed by atoms with E-state index in [1.807, 2.05) is 31.3 Å². The van der Waals surface area contributed by atoms with Gasteiger partial charge in [-0.1, -0.05) is 24.3 Å². The summed E-state index contributed by atoms with van der Waals surface area (Å²) < 4.78 is 5.86. The van der Waals surface area contributed by atoms with E-state index in [4.69, 9.17) is 4.74 Å². The molecule has 0 radical (unpaired) electrons. The lowest BCUT2D eigenvalue weighted by Gasteiger charge is -2.17. The largest absolute Gasteiger partial charge is 0.492 e. The highest BCUT2D eigenvalue weighted by Gasteiger charge is 2.03. The van der Waals surface area contributed by atoms with Crippen LogP contribution in [0.2, 0.25) is 0 Å². The van der Waals surface area contributed by atoms with Crippen LogP contribution in [0.1, 0.15) is 18.4 Å².